The molecule has 0 aromatic rings. The maximum atomic E-state index is 8.66. The molecule has 0 aromatic carbocycles. The third-order valence-corrected chi connectivity index (χ3v) is 3.67. The fraction of sp³-hybridized carbons (Fsp3) is 0.800. The summed E-state index contributed by atoms with van der Waals surface area (Å²) in [6.07, 6.45) is 23.2. The van der Waals surface area contributed by atoms with Crippen molar-refractivity contribution in [3.63, 3.8) is 0 Å². The van der Waals surface area contributed by atoms with Gasteiger partial charge < -0.3 is 5.11 Å². The Balaban J connectivity index is 0. The molecule has 0 aliphatic heterocycles. The van der Waals surface area contributed by atoms with Crippen LogP contribution in [0, 0.1) is 0 Å². The third-order valence-electron chi connectivity index (χ3n) is 3.67. The molecule has 0 atom stereocenters. The number of unbranched alkanes of at least 4 members (excludes halogenated alkanes) is 12. The zero-order chi connectivity index (χ0) is 16.0. The van der Waals surface area contributed by atoms with Gasteiger partial charge in [-0.05, 0) is 32.1 Å². The van der Waals surface area contributed by atoms with E-state index in [0.717, 1.165) is 6.42 Å². The van der Waals surface area contributed by atoms with Gasteiger partial charge in [-0.3, -0.25) is 0 Å². The summed E-state index contributed by atoms with van der Waals surface area (Å²) in [7, 11) is 0. The maximum absolute atomic E-state index is 8.66. The fourth-order valence-corrected chi connectivity index (χ4v) is 2.36. The molecule has 0 spiro atoms. The molecular weight excluding hydrogens is 256 g/mol. The molecule has 0 amide bonds. The first-order valence-electron chi connectivity index (χ1n) is 9.17. The van der Waals surface area contributed by atoms with E-state index in [4.69, 9.17) is 5.11 Å². The molecule has 1 nitrogen and oxygen atoms in total. The van der Waals surface area contributed by atoms with Crippen LogP contribution in [-0.4, -0.2) is 11.7 Å². The van der Waals surface area contributed by atoms with Crippen LogP contribution in [0.15, 0.2) is 25.3 Å². The summed E-state index contributed by atoms with van der Waals surface area (Å²) < 4.78 is 0. The summed E-state index contributed by atoms with van der Waals surface area (Å²) in [6, 6.07) is 0. The van der Waals surface area contributed by atoms with Gasteiger partial charge in [0.05, 0.1) is 0 Å². The monoisotopic (exact) mass is 296 g/mol. The number of allylic oxidation sites excluding steroid dienone is 2. The lowest BCUT2D eigenvalue weighted by Gasteiger charge is -1.99. The van der Waals surface area contributed by atoms with Gasteiger partial charge in [0, 0.05) is 6.61 Å². The highest BCUT2D eigenvalue weighted by Crippen LogP contribution is 2.09. The number of rotatable bonds is 15. The second-order valence-corrected chi connectivity index (χ2v) is 5.66. The SMILES string of the molecule is C=C.CCCCCCCC/C=C\CCCCCCCCO. The number of hydrogen-bond acceptors (Lipinski definition) is 1. The van der Waals surface area contributed by atoms with Gasteiger partial charge in [-0.25, -0.2) is 0 Å². The van der Waals surface area contributed by atoms with Crippen LogP contribution in [0.2, 0.25) is 0 Å². The molecule has 0 unspecified atom stereocenters. The van der Waals surface area contributed by atoms with E-state index in [2.05, 4.69) is 32.2 Å². The lowest BCUT2D eigenvalue weighted by molar-refractivity contribution is 0.282. The van der Waals surface area contributed by atoms with Gasteiger partial charge >= 0.3 is 0 Å². The lowest BCUT2D eigenvalue weighted by Crippen LogP contribution is -1.83. The molecule has 21 heavy (non-hydrogen) atoms. The zero-order valence-corrected chi connectivity index (χ0v) is 14.6. The molecule has 0 bridgehead atoms. The summed E-state index contributed by atoms with van der Waals surface area (Å²) in [5.74, 6) is 0. The Morgan fingerprint density at radius 3 is 1.43 bits per heavy atom. The number of aliphatic hydroxyl groups excluding tert-OH is 1. The summed E-state index contributed by atoms with van der Waals surface area (Å²) >= 11 is 0. The van der Waals surface area contributed by atoms with E-state index >= 15 is 0 Å². The predicted octanol–water partition coefficient (Wildman–Crippen LogP) is 6.82. The topological polar surface area (TPSA) is 20.2 Å². The summed E-state index contributed by atoms with van der Waals surface area (Å²) in [6.45, 7) is 8.64. The molecule has 0 saturated heterocycles. The van der Waals surface area contributed by atoms with Crippen molar-refractivity contribution >= 4 is 0 Å². The first kappa shape index (κ1) is 22.7. The number of hydrogen-bond donors (Lipinski definition) is 1. The molecule has 126 valence electrons. The molecule has 0 aliphatic carbocycles. The van der Waals surface area contributed by atoms with E-state index in [9.17, 15) is 0 Å². The van der Waals surface area contributed by atoms with E-state index in [-0.39, 0.29) is 0 Å². The van der Waals surface area contributed by atoms with Crippen LogP contribution in [0.3, 0.4) is 0 Å². The molecule has 1 N–H and O–H groups in total. The van der Waals surface area contributed by atoms with Crippen LogP contribution in [0.4, 0.5) is 0 Å². The second-order valence-electron chi connectivity index (χ2n) is 5.66. The highest BCUT2D eigenvalue weighted by Gasteiger charge is 1.90. The van der Waals surface area contributed by atoms with Gasteiger partial charge in [-0.2, -0.15) is 0 Å². The predicted molar refractivity (Wildman–Crippen MR) is 97.8 cm³/mol. The standard InChI is InChI=1S/C18H36O.C2H4/c1-2-3-4-5-6-7-8-9-10-11-12-13-14-15-16-17-18-19;1-2/h9-10,19H,2-8,11-18H2,1H3;1-2H2/b10-9-;. The summed E-state index contributed by atoms with van der Waals surface area (Å²) in [4.78, 5) is 0. The minimum absolute atomic E-state index is 0.362. The van der Waals surface area contributed by atoms with E-state index < -0.39 is 0 Å². The Morgan fingerprint density at radius 1 is 0.619 bits per heavy atom. The molecule has 0 saturated carbocycles. The van der Waals surface area contributed by atoms with E-state index in [0.29, 0.717) is 6.61 Å². The second kappa shape index (κ2) is 24.5. The van der Waals surface area contributed by atoms with Crippen LogP contribution < -0.4 is 0 Å². The largest absolute Gasteiger partial charge is 0.396 e. The van der Waals surface area contributed by atoms with Crippen molar-refractivity contribution in [1.82, 2.24) is 0 Å². The first-order valence-corrected chi connectivity index (χ1v) is 9.17. The Morgan fingerprint density at radius 2 is 1.00 bits per heavy atom. The highest BCUT2D eigenvalue weighted by atomic mass is 16.2. The average molecular weight is 297 g/mol. The Hall–Kier alpha value is -0.560. The van der Waals surface area contributed by atoms with E-state index in [1.54, 1.807) is 0 Å². The molecule has 1 heteroatoms. The average Bonchev–Trinajstić information content (AvgIpc) is 2.53. The molecule has 0 fully saturated rings. The molecule has 0 heterocycles. The quantitative estimate of drug-likeness (QED) is 0.260. The third kappa shape index (κ3) is 24.8. The lowest BCUT2D eigenvalue weighted by atomic mass is 10.1. The Labute approximate surface area is 134 Å². The Bertz CT molecular complexity index is 186. The van der Waals surface area contributed by atoms with E-state index in [1.165, 1.54) is 83.5 Å². The van der Waals surface area contributed by atoms with Gasteiger partial charge in [0.2, 0.25) is 0 Å². The number of aliphatic hydroxyl groups is 1. The van der Waals surface area contributed by atoms with Crippen LogP contribution in [0.5, 0.6) is 0 Å². The Kier molecular flexibility index (Phi) is 26.5. The smallest absolute Gasteiger partial charge is 0.0431 e. The highest BCUT2D eigenvalue weighted by molar-refractivity contribution is 4.81. The van der Waals surface area contributed by atoms with Crippen molar-refractivity contribution in [3.8, 4) is 0 Å². The van der Waals surface area contributed by atoms with Crippen molar-refractivity contribution in [2.24, 2.45) is 0 Å². The van der Waals surface area contributed by atoms with Gasteiger partial charge in [-0.1, -0.05) is 76.9 Å². The molecule has 0 aliphatic rings. The van der Waals surface area contributed by atoms with Crippen molar-refractivity contribution in [2.45, 2.75) is 96.8 Å². The minimum atomic E-state index is 0.362. The first-order chi connectivity index (χ1) is 10.4. The van der Waals surface area contributed by atoms with Gasteiger partial charge in [0.1, 0.15) is 0 Å². The molecule has 0 aromatic heterocycles. The molecule has 0 radical (unpaired) electrons. The normalized spacial score (nSPS) is 10.6. The van der Waals surface area contributed by atoms with Gasteiger partial charge in [-0.15, -0.1) is 13.2 Å². The van der Waals surface area contributed by atoms with Crippen molar-refractivity contribution in [1.29, 1.82) is 0 Å². The van der Waals surface area contributed by atoms with Crippen LogP contribution in [0.1, 0.15) is 96.8 Å². The van der Waals surface area contributed by atoms with Crippen LogP contribution >= 0.6 is 0 Å². The van der Waals surface area contributed by atoms with Crippen LogP contribution in [0.25, 0.3) is 0 Å². The van der Waals surface area contributed by atoms with Crippen molar-refractivity contribution in [2.75, 3.05) is 6.61 Å². The minimum Gasteiger partial charge on any atom is -0.396 e. The van der Waals surface area contributed by atoms with Crippen molar-refractivity contribution in [3.05, 3.63) is 25.3 Å². The molecular formula is C20H40O. The van der Waals surface area contributed by atoms with Crippen LogP contribution in [-0.2, 0) is 0 Å². The summed E-state index contributed by atoms with van der Waals surface area (Å²) in [5, 5.41) is 8.66. The summed E-state index contributed by atoms with van der Waals surface area (Å²) in [5.41, 5.74) is 0. The fourth-order valence-electron chi connectivity index (χ4n) is 2.36. The van der Waals surface area contributed by atoms with Gasteiger partial charge in [0.15, 0.2) is 0 Å². The van der Waals surface area contributed by atoms with Crippen molar-refractivity contribution < 1.29 is 5.11 Å². The van der Waals surface area contributed by atoms with Gasteiger partial charge in [0.25, 0.3) is 0 Å². The maximum Gasteiger partial charge on any atom is 0.0431 e. The zero-order valence-electron chi connectivity index (χ0n) is 14.6. The molecule has 0 rings (SSSR count). The van der Waals surface area contributed by atoms with E-state index in [1.807, 2.05) is 0 Å².